The molecule has 2 N–H and O–H groups in total. The van der Waals surface area contributed by atoms with Crippen LogP contribution in [-0.4, -0.2) is 33.1 Å². The van der Waals surface area contributed by atoms with Gasteiger partial charge in [-0.05, 0) is 144 Å². The zero-order valence-corrected chi connectivity index (χ0v) is 31.5. The number of ether oxygens (including phenoxy) is 2. The molecular weight excluding hydrogens is 696 g/mol. The summed E-state index contributed by atoms with van der Waals surface area (Å²) in [5, 5.41) is 0. The molecule has 0 spiro atoms. The van der Waals surface area contributed by atoms with Crippen molar-refractivity contribution in [2.24, 2.45) is 0 Å². The number of nitrogens with zero attached hydrogens (tertiary/aromatic N) is 2. The summed E-state index contributed by atoms with van der Waals surface area (Å²) in [4.78, 5) is 17.7. The van der Waals surface area contributed by atoms with Crippen LogP contribution in [0.3, 0.4) is 0 Å². The highest BCUT2D eigenvalue weighted by Crippen LogP contribution is 2.37. The number of hydrogen-bond donors (Lipinski definition) is 2. The molecule has 5 heterocycles. The Balaban J connectivity index is 1.42. The van der Waals surface area contributed by atoms with Gasteiger partial charge in [0.1, 0.15) is 11.5 Å². The van der Waals surface area contributed by atoms with Crippen molar-refractivity contribution in [3.8, 4) is 33.8 Å². The Bertz CT molecular complexity index is 2240. The number of hydrogen-bond acceptors (Lipinski definition) is 4. The summed E-state index contributed by atoms with van der Waals surface area (Å²) in [5.41, 5.74) is 13.7. The second-order valence-electron chi connectivity index (χ2n) is 13.5. The van der Waals surface area contributed by atoms with Crippen LogP contribution < -0.4 is 9.47 Å². The van der Waals surface area contributed by atoms with E-state index in [1.165, 1.54) is 0 Å². The zero-order chi connectivity index (χ0) is 35.3. The lowest BCUT2D eigenvalue weighted by molar-refractivity contribution is 0.306. The first kappa shape index (κ1) is 34.6. The van der Waals surface area contributed by atoms with Gasteiger partial charge in [0.25, 0.3) is 0 Å². The molecule has 2 aliphatic heterocycles. The Kier molecular flexibility index (Phi) is 10.5. The third kappa shape index (κ3) is 7.89. The van der Waals surface area contributed by atoms with Gasteiger partial charge >= 0.3 is 0 Å². The van der Waals surface area contributed by atoms with Gasteiger partial charge in [-0.15, -0.1) is 0 Å². The predicted octanol–water partition coefficient (Wildman–Crippen LogP) is 12.5. The maximum atomic E-state index is 6.23. The van der Waals surface area contributed by atoms with Crippen molar-refractivity contribution in [1.82, 2.24) is 19.9 Å². The summed E-state index contributed by atoms with van der Waals surface area (Å²) < 4.78 is 13.3. The number of nitrogens with one attached hydrogen (secondary N) is 2. The van der Waals surface area contributed by atoms with Gasteiger partial charge in [0, 0.05) is 27.7 Å². The number of H-pyrrole nitrogens is 2. The van der Waals surface area contributed by atoms with Crippen LogP contribution in [0, 0.1) is 13.8 Å². The minimum Gasteiger partial charge on any atom is -0.494 e. The molecule has 0 unspecified atom stereocenters. The van der Waals surface area contributed by atoms with Gasteiger partial charge in [-0.2, -0.15) is 0 Å². The fourth-order valence-corrected chi connectivity index (χ4v) is 7.20. The molecule has 3 aromatic heterocycles. The van der Waals surface area contributed by atoms with Gasteiger partial charge in [0.2, 0.25) is 0 Å². The van der Waals surface area contributed by atoms with Crippen molar-refractivity contribution in [3.63, 3.8) is 0 Å². The summed E-state index contributed by atoms with van der Waals surface area (Å²) in [6, 6.07) is 23.5. The van der Waals surface area contributed by atoms with Crippen molar-refractivity contribution < 1.29 is 9.47 Å². The van der Waals surface area contributed by atoms with E-state index >= 15 is 0 Å². The van der Waals surface area contributed by atoms with Crippen molar-refractivity contribution in [2.75, 3.05) is 13.2 Å². The Labute approximate surface area is 308 Å². The number of fused-ring (bicyclic) bond motifs is 8. The van der Waals surface area contributed by atoms with E-state index in [1.807, 2.05) is 0 Å². The van der Waals surface area contributed by atoms with Crippen LogP contribution in [0.5, 0.6) is 11.5 Å². The number of benzene rings is 2. The van der Waals surface area contributed by atoms with E-state index in [4.69, 9.17) is 19.4 Å². The van der Waals surface area contributed by atoms with Crippen LogP contribution in [-0.2, 0) is 0 Å². The molecule has 0 fully saturated rings. The smallest absolute Gasteiger partial charge is 0.120 e. The lowest BCUT2D eigenvalue weighted by Crippen LogP contribution is -1.98. The standard InChI is InChI=1S/C44H45BrN4O2/c1-5-7-9-19-50-34-23-28(3)21-30(25-34)42-36-13-11-32(46-36)27-33-12-14-37(47-33)43(31-22-29(4)24-35(26-31)51-20-10-8-6-2)39-16-18-41(49-39)44(45)40-17-15-38(42)48-40/h11-18,21-27,46,49H,5-10,19-20H2,1-4H3. The molecular formula is C44H45BrN4O2. The first-order valence-electron chi connectivity index (χ1n) is 18.2. The van der Waals surface area contributed by atoms with Crippen LogP contribution in [0.4, 0.5) is 0 Å². The fraction of sp³-hybridized carbons (Fsp3) is 0.273. The molecule has 6 nitrogen and oxygen atoms in total. The molecule has 0 radical (unpaired) electrons. The molecule has 0 atom stereocenters. The van der Waals surface area contributed by atoms with Crippen LogP contribution in [0.1, 0.15) is 86.3 Å². The highest BCUT2D eigenvalue weighted by molar-refractivity contribution is 9.10. The van der Waals surface area contributed by atoms with Crippen molar-refractivity contribution in [3.05, 3.63) is 105 Å². The molecule has 5 aromatic rings. The third-order valence-electron chi connectivity index (χ3n) is 9.22. The first-order valence-corrected chi connectivity index (χ1v) is 19.0. The Morgan fingerprint density at radius 1 is 0.569 bits per heavy atom. The van der Waals surface area contributed by atoms with Crippen LogP contribution in [0.25, 0.3) is 68.6 Å². The highest BCUT2D eigenvalue weighted by Gasteiger charge is 2.16. The van der Waals surface area contributed by atoms with Crippen LogP contribution in [0.15, 0.2) is 71.2 Å². The molecule has 0 saturated carbocycles. The van der Waals surface area contributed by atoms with E-state index in [9.17, 15) is 0 Å². The molecule has 7 rings (SSSR count). The van der Waals surface area contributed by atoms with Crippen molar-refractivity contribution in [2.45, 2.75) is 66.2 Å². The normalized spacial score (nSPS) is 12.1. The van der Waals surface area contributed by atoms with Crippen molar-refractivity contribution in [1.29, 1.82) is 0 Å². The molecule has 0 amide bonds. The second-order valence-corrected chi connectivity index (χ2v) is 14.3. The second kappa shape index (κ2) is 15.6. The van der Waals surface area contributed by atoms with Crippen LogP contribution >= 0.6 is 15.9 Å². The monoisotopic (exact) mass is 740 g/mol. The summed E-state index contributed by atoms with van der Waals surface area (Å²) in [6.45, 7) is 10.1. The molecule has 0 aliphatic carbocycles. The number of aromatic nitrogens is 4. The number of unbranched alkanes of at least 4 members (excludes halogenated alkanes) is 4. The van der Waals surface area contributed by atoms with Crippen LogP contribution in [0.2, 0.25) is 0 Å². The summed E-state index contributed by atoms with van der Waals surface area (Å²) in [6.07, 6.45) is 15.1. The van der Waals surface area contributed by atoms with Crippen molar-refractivity contribution >= 4 is 62.3 Å². The lowest BCUT2D eigenvalue weighted by Gasteiger charge is -2.11. The van der Waals surface area contributed by atoms with Gasteiger partial charge in [0.15, 0.2) is 0 Å². The van der Waals surface area contributed by atoms with Gasteiger partial charge in [-0.3, -0.25) is 0 Å². The third-order valence-corrected chi connectivity index (χ3v) is 10.1. The van der Waals surface area contributed by atoms with Gasteiger partial charge in [-0.25, -0.2) is 9.97 Å². The maximum absolute atomic E-state index is 6.23. The van der Waals surface area contributed by atoms with Gasteiger partial charge in [0.05, 0.1) is 46.0 Å². The number of aromatic amines is 2. The molecule has 51 heavy (non-hydrogen) atoms. The van der Waals surface area contributed by atoms with Gasteiger partial charge in [-0.1, -0.05) is 51.7 Å². The van der Waals surface area contributed by atoms with E-state index in [0.29, 0.717) is 13.2 Å². The molecule has 7 heteroatoms. The first-order chi connectivity index (χ1) is 24.9. The van der Waals surface area contributed by atoms with E-state index in [-0.39, 0.29) is 0 Å². The topological polar surface area (TPSA) is 75.8 Å². The molecule has 2 aliphatic rings. The predicted molar refractivity (Wildman–Crippen MR) is 217 cm³/mol. The number of rotatable bonds is 12. The molecule has 260 valence electrons. The summed E-state index contributed by atoms with van der Waals surface area (Å²) in [7, 11) is 0. The SMILES string of the molecule is CCCCCOc1cc(C)cc(-c2c3nc(c(Br)c4ccc([nH]4)c(-c4cc(C)cc(OCCCCC)c4)c4nc(cc5ccc2[nH]5)C=C4)C=C3)c1. The fourth-order valence-electron chi connectivity index (χ4n) is 6.75. The summed E-state index contributed by atoms with van der Waals surface area (Å²) >= 11 is 3.91. The van der Waals surface area contributed by atoms with E-state index < -0.39 is 0 Å². The largest absolute Gasteiger partial charge is 0.494 e. The minimum absolute atomic E-state index is 0.706. The lowest BCUT2D eigenvalue weighted by atomic mass is 10.0. The average molecular weight is 742 g/mol. The molecule has 2 aromatic carbocycles. The maximum Gasteiger partial charge on any atom is 0.120 e. The quantitative estimate of drug-likeness (QED) is 0.122. The van der Waals surface area contributed by atoms with Gasteiger partial charge < -0.3 is 19.4 Å². The zero-order valence-electron chi connectivity index (χ0n) is 29.9. The Morgan fingerprint density at radius 2 is 1.12 bits per heavy atom. The Hall–Kier alpha value is -4.88. The molecule has 8 bridgehead atoms. The highest BCUT2D eigenvalue weighted by atomic mass is 79.9. The number of halogens is 1. The number of aryl methyl sites for hydroxylation is 2. The van der Waals surface area contributed by atoms with E-state index in [1.54, 1.807) is 0 Å². The average Bonchev–Trinajstić information content (AvgIpc) is 3.94. The van der Waals surface area contributed by atoms with E-state index in [2.05, 4.69) is 145 Å². The van der Waals surface area contributed by atoms with E-state index in [0.717, 1.165) is 133 Å². The Morgan fingerprint density at radius 3 is 1.76 bits per heavy atom. The summed E-state index contributed by atoms with van der Waals surface area (Å²) in [5.74, 6) is 1.75. The molecule has 0 saturated heterocycles. The minimum atomic E-state index is 0.706.